The highest BCUT2D eigenvalue weighted by molar-refractivity contribution is 8.00. The fourth-order valence-corrected chi connectivity index (χ4v) is 3.57. The Labute approximate surface area is 161 Å². The van der Waals surface area contributed by atoms with Gasteiger partial charge in [-0.3, -0.25) is 20.4 Å². The minimum Gasteiger partial charge on any atom is -0.272 e. The van der Waals surface area contributed by atoms with Gasteiger partial charge in [0, 0.05) is 15.7 Å². The molecule has 2 rings (SSSR count). The topological polar surface area (TPSA) is 58.2 Å². The Morgan fingerprint density at radius 2 is 1.68 bits per heavy atom. The Kier molecular flexibility index (Phi) is 8.18. The lowest BCUT2D eigenvalue weighted by Crippen LogP contribution is -2.43. The molecule has 0 heterocycles. The molecule has 0 saturated heterocycles. The van der Waals surface area contributed by atoms with Crippen molar-refractivity contribution in [1.29, 1.82) is 0 Å². The van der Waals surface area contributed by atoms with E-state index in [0.29, 0.717) is 10.8 Å². The van der Waals surface area contributed by atoms with E-state index in [4.69, 9.17) is 11.6 Å². The Hall–Kier alpha value is -1.63. The predicted octanol–water partition coefficient (Wildman–Crippen LogP) is 3.82. The van der Waals surface area contributed by atoms with Gasteiger partial charge in [0.2, 0.25) is 11.8 Å². The summed E-state index contributed by atoms with van der Waals surface area (Å²) in [5.74, 6) is 0.724. The van der Waals surface area contributed by atoms with Gasteiger partial charge in [0.1, 0.15) is 0 Å². The standard InChI is InChI=1S/C18H19ClN2O2S2/c1-13-5-7-16(8-6-13)25-12-18(23)21-20-17(22)11-24-10-14-3-2-4-15(19)9-14/h2-9H,10-12H2,1H3,(H,20,22)(H,21,23). The second kappa shape index (κ2) is 10.4. The molecule has 2 aromatic carbocycles. The molecule has 7 heteroatoms. The van der Waals surface area contributed by atoms with E-state index < -0.39 is 0 Å². The molecule has 25 heavy (non-hydrogen) atoms. The average molecular weight is 395 g/mol. The van der Waals surface area contributed by atoms with Gasteiger partial charge < -0.3 is 0 Å². The van der Waals surface area contributed by atoms with Gasteiger partial charge in [-0.2, -0.15) is 0 Å². The Morgan fingerprint density at radius 1 is 1.00 bits per heavy atom. The number of nitrogens with one attached hydrogen (secondary N) is 2. The summed E-state index contributed by atoms with van der Waals surface area (Å²) in [7, 11) is 0. The van der Waals surface area contributed by atoms with Gasteiger partial charge in [-0.05, 0) is 36.8 Å². The first kappa shape index (κ1) is 19.7. The maximum atomic E-state index is 11.8. The molecule has 0 aliphatic carbocycles. The average Bonchev–Trinajstić information content (AvgIpc) is 2.59. The van der Waals surface area contributed by atoms with Gasteiger partial charge >= 0.3 is 0 Å². The summed E-state index contributed by atoms with van der Waals surface area (Å²) in [5.41, 5.74) is 7.09. The van der Waals surface area contributed by atoms with Crippen LogP contribution in [-0.2, 0) is 15.3 Å². The van der Waals surface area contributed by atoms with E-state index in [1.165, 1.54) is 29.1 Å². The van der Waals surface area contributed by atoms with Crippen LogP contribution >= 0.6 is 35.1 Å². The number of benzene rings is 2. The number of amides is 2. The number of rotatable bonds is 7. The highest BCUT2D eigenvalue weighted by Gasteiger charge is 2.06. The lowest BCUT2D eigenvalue weighted by atomic mass is 10.2. The zero-order chi connectivity index (χ0) is 18.1. The summed E-state index contributed by atoms with van der Waals surface area (Å²) in [6.07, 6.45) is 0. The maximum Gasteiger partial charge on any atom is 0.248 e. The van der Waals surface area contributed by atoms with Crippen molar-refractivity contribution < 1.29 is 9.59 Å². The van der Waals surface area contributed by atoms with Crippen molar-refractivity contribution in [3.05, 3.63) is 64.7 Å². The molecule has 0 bridgehead atoms. The van der Waals surface area contributed by atoms with E-state index in [0.717, 1.165) is 10.5 Å². The zero-order valence-electron chi connectivity index (χ0n) is 13.8. The Bertz CT molecular complexity index is 723. The third kappa shape index (κ3) is 7.86. The molecule has 0 unspecified atom stereocenters. The Balaban J connectivity index is 1.60. The smallest absolute Gasteiger partial charge is 0.248 e. The second-order valence-corrected chi connectivity index (χ2v) is 7.79. The van der Waals surface area contributed by atoms with Crippen LogP contribution in [0, 0.1) is 6.92 Å². The van der Waals surface area contributed by atoms with Crippen LogP contribution in [0.1, 0.15) is 11.1 Å². The molecule has 0 atom stereocenters. The number of halogens is 1. The van der Waals surface area contributed by atoms with Crippen LogP contribution in [-0.4, -0.2) is 23.3 Å². The van der Waals surface area contributed by atoms with Crippen LogP contribution in [0.2, 0.25) is 5.02 Å². The molecule has 0 saturated carbocycles. The number of aryl methyl sites for hydroxylation is 1. The van der Waals surface area contributed by atoms with Crippen LogP contribution < -0.4 is 10.9 Å². The molecule has 0 fully saturated rings. The number of hydrazine groups is 1. The van der Waals surface area contributed by atoms with E-state index in [-0.39, 0.29) is 23.3 Å². The molecule has 0 aliphatic rings. The summed E-state index contributed by atoms with van der Waals surface area (Å²) in [4.78, 5) is 24.5. The number of carbonyl (C=O) groups excluding carboxylic acids is 2. The second-order valence-electron chi connectivity index (χ2n) is 5.32. The van der Waals surface area contributed by atoms with Crippen molar-refractivity contribution >= 4 is 46.9 Å². The van der Waals surface area contributed by atoms with Crippen molar-refractivity contribution in [3.8, 4) is 0 Å². The fraction of sp³-hybridized carbons (Fsp3) is 0.222. The van der Waals surface area contributed by atoms with Gasteiger partial charge in [0.15, 0.2) is 0 Å². The van der Waals surface area contributed by atoms with Gasteiger partial charge in [0.05, 0.1) is 11.5 Å². The molecule has 0 radical (unpaired) electrons. The van der Waals surface area contributed by atoms with Crippen molar-refractivity contribution in [2.75, 3.05) is 11.5 Å². The number of hydrogen-bond donors (Lipinski definition) is 2. The maximum absolute atomic E-state index is 11.8. The molecular formula is C18H19ClN2O2S2. The van der Waals surface area contributed by atoms with Crippen molar-refractivity contribution in [3.63, 3.8) is 0 Å². The van der Waals surface area contributed by atoms with E-state index >= 15 is 0 Å². The summed E-state index contributed by atoms with van der Waals surface area (Å²) in [5, 5.41) is 0.681. The molecule has 0 spiro atoms. The minimum atomic E-state index is -0.237. The fourth-order valence-electron chi connectivity index (χ4n) is 1.88. The van der Waals surface area contributed by atoms with Crippen molar-refractivity contribution in [2.24, 2.45) is 0 Å². The molecule has 2 aromatic rings. The van der Waals surface area contributed by atoms with Crippen LogP contribution in [0.25, 0.3) is 0 Å². The Morgan fingerprint density at radius 3 is 2.36 bits per heavy atom. The number of thioether (sulfide) groups is 2. The first-order valence-corrected chi connectivity index (χ1v) is 10.1. The van der Waals surface area contributed by atoms with Gasteiger partial charge in [-0.25, -0.2) is 0 Å². The summed E-state index contributed by atoms with van der Waals surface area (Å²) in [6.45, 7) is 2.01. The normalized spacial score (nSPS) is 10.3. The monoisotopic (exact) mass is 394 g/mol. The van der Waals surface area contributed by atoms with Crippen molar-refractivity contribution in [2.45, 2.75) is 17.6 Å². The molecule has 0 aromatic heterocycles. The van der Waals surface area contributed by atoms with Gasteiger partial charge in [-0.15, -0.1) is 23.5 Å². The minimum absolute atomic E-state index is 0.235. The quantitative estimate of drug-likeness (QED) is 0.553. The van der Waals surface area contributed by atoms with E-state index in [2.05, 4.69) is 10.9 Å². The lowest BCUT2D eigenvalue weighted by Gasteiger charge is -2.07. The first-order valence-electron chi connectivity index (χ1n) is 7.62. The summed E-state index contributed by atoms with van der Waals surface area (Å²) >= 11 is 8.80. The highest BCUT2D eigenvalue weighted by Crippen LogP contribution is 2.18. The van der Waals surface area contributed by atoms with E-state index in [9.17, 15) is 9.59 Å². The predicted molar refractivity (Wildman–Crippen MR) is 106 cm³/mol. The van der Waals surface area contributed by atoms with Crippen LogP contribution in [0.15, 0.2) is 53.4 Å². The molecule has 132 valence electrons. The van der Waals surface area contributed by atoms with E-state index in [1.54, 1.807) is 0 Å². The van der Waals surface area contributed by atoms with Gasteiger partial charge in [-0.1, -0.05) is 41.4 Å². The highest BCUT2D eigenvalue weighted by atomic mass is 35.5. The largest absolute Gasteiger partial charge is 0.272 e. The third-order valence-corrected chi connectivity index (χ3v) is 5.37. The third-order valence-electron chi connectivity index (χ3n) is 3.12. The SMILES string of the molecule is Cc1ccc(SCC(=O)NNC(=O)CSCc2cccc(Cl)c2)cc1. The summed E-state index contributed by atoms with van der Waals surface area (Å²) < 4.78 is 0. The number of hydrogen-bond acceptors (Lipinski definition) is 4. The van der Waals surface area contributed by atoms with Crippen LogP contribution in [0.4, 0.5) is 0 Å². The molecular weight excluding hydrogens is 376 g/mol. The summed E-state index contributed by atoms with van der Waals surface area (Å²) in [6, 6.07) is 15.5. The van der Waals surface area contributed by atoms with E-state index in [1.807, 2.05) is 55.5 Å². The van der Waals surface area contributed by atoms with Gasteiger partial charge in [0.25, 0.3) is 0 Å². The molecule has 2 N–H and O–H groups in total. The number of carbonyl (C=O) groups is 2. The van der Waals surface area contributed by atoms with Crippen LogP contribution in [0.3, 0.4) is 0 Å². The molecule has 4 nitrogen and oxygen atoms in total. The van der Waals surface area contributed by atoms with Crippen LogP contribution in [0.5, 0.6) is 0 Å². The molecule has 2 amide bonds. The zero-order valence-corrected chi connectivity index (χ0v) is 16.1. The lowest BCUT2D eigenvalue weighted by molar-refractivity contribution is -0.126. The first-order chi connectivity index (χ1) is 12.0. The van der Waals surface area contributed by atoms with Crippen molar-refractivity contribution in [1.82, 2.24) is 10.9 Å². The molecule has 0 aliphatic heterocycles.